The highest BCUT2D eigenvalue weighted by Gasteiger charge is 2.31. The molecule has 0 aromatic rings. The van der Waals surface area contributed by atoms with Crippen molar-refractivity contribution in [3.63, 3.8) is 0 Å². The Morgan fingerprint density at radius 1 is 1.43 bits per heavy atom. The number of hydrogen-bond acceptors (Lipinski definition) is 2. The normalized spacial score (nSPS) is 12.7. The number of rotatable bonds is 4. The number of carbonyl (C=O) groups excluding carboxylic acids is 1. The van der Waals surface area contributed by atoms with Crippen LogP contribution in [0.5, 0.6) is 0 Å². The van der Waals surface area contributed by atoms with Gasteiger partial charge >= 0.3 is 6.18 Å². The first-order valence-corrected chi connectivity index (χ1v) is 4.27. The van der Waals surface area contributed by atoms with Crippen LogP contribution in [-0.2, 0) is 9.63 Å². The lowest BCUT2D eigenvalue weighted by Crippen LogP contribution is -2.39. The highest BCUT2D eigenvalue weighted by Crippen LogP contribution is 2.17. The van der Waals surface area contributed by atoms with Crippen LogP contribution in [0.2, 0.25) is 0 Å². The summed E-state index contributed by atoms with van der Waals surface area (Å²) in [7, 11) is 0. The molecule has 0 bridgehead atoms. The molecule has 0 fully saturated rings. The van der Waals surface area contributed by atoms with Gasteiger partial charge in [0.2, 0.25) is 5.91 Å². The molecule has 0 radical (unpaired) electrons. The van der Waals surface area contributed by atoms with Gasteiger partial charge in [-0.1, -0.05) is 0 Å². The van der Waals surface area contributed by atoms with Crippen LogP contribution in [0.4, 0.5) is 13.2 Å². The van der Waals surface area contributed by atoms with E-state index in [-0.39, 0.29) is 5.88 Å². The van der Waals surface area contributed by atoms with Gasteiger partial charge in [0.25, 0.3) is 0 Å². The van der Waals surface area contributed by atoms with Crippen LogP contribution >= 0.6 is 11.6 Å². The number of halogens is 4. The minimum absolute atomic E-state index is 0.00574. The van der Waals surface area contributed by atoms with Gasteiger partial charge in [-0.3, -0.25) is 9.63 Å². The summed E-state index contributed by atoms with van der Waals surface area (Å²) in [6, 6.07) is 0. The van der Waals surface area contributed by atoms with Crippen LogP contribution < -0.4 is 5.48 Å². The standard InChI is InChI=1S/C7H11ClF3NO2/c1-6(2,3-8)5(13)12-14-4-7(9,10)11/h3-4H2,1-2H3,(H,12,13). The Morgan fingerprint density at radius 2 is 1.93 bits per heavy atom. The molecule has 0 aliphatic heterocycles. The number of carbonyl (C=O) groups is 1. The second-order valence-electron chi connectivity index (χ2n) is 3.35. The van der Waals surface area contributed by atoms with Crippen LogP contribution in [0.25, 0.3) is 0 Å². The molecule has 0 saturated heterocycles. The maximum absolute atomic E-state index is 11.6. The highest BCUT2D eigenvalue weighted by atomic mass is 35.5. The SMILES string of the molecule is CC(C)(CCl)C(=O)NOCC(F)(F)F. The van der Waals surface area contributed by atoms with E-state index in [0.29, 0.717) is 0 Å². The lowest BCUT2D eigenvalue weighted by atomic mass is 9.96. The number of hydroxylamine groups is 1. The monoisotopic (exact) mass is 233 g/mol. The first-order valence-electron chi connectivity index (χ1n) is 3.74. The average molecular weight is 234 g/mol. The van der Waals surface area contributed by atoms with Gasteiger partial charge in [-0.2, -0.15) is 13.2 Å². The third-order valence-corrected chi connectivity index (χ3v) is 2.02. The molecule has 84 valence electrons. The molecular formula is C7H11ClF3NO2. The van der Waals surface area contributed by atoms with Crippen molar-refractivity contribution in [2.45, 2.75) is 20.0 Å². The number of alkyl halides is 4. The fourth-order valence-corrected chi connectivity index (χ4v) is 0.504. The highest BCUT2D eigenvalue weighted by molar-refractivity contribution is 6.19. The summed E-state index contributed by atoms with van der Waals surface area (Å²) in [6.45, 7) is 1.47. The largest absolute Gasteiger partial charge is 0.414 e. The minimum atomic E-state index is -4.46. The minimum Gasteiger partial charge on any atom is -0.272 e. The number of amides is 1. The van der Waals surface area contributed by atoms with Gasteiger partial charge in [-0.05, 0) is 13.8 Å². The molecular weight excluding hydrogens is 223 g/mol. The fraction of sp³-hybridized carbons (Fsp3) is 0.857. The van der Waals surface area contributed by atoms with Gasteiger partial charge in [0.15, 0.2) is 6.61 Å². The lowest BCUT2D eigenvalue weighted by molar-refractivity contribution is -0.193. The van der Waals surface area contributed by atoms with Crippen LogP contribution in [0.15, 0.2) is 0 Å². The molecule has 0 rings (SSSR count). The Labute approximate surface area is 84.5 Å². The van der Waals surface area contributed by atoms with Crippen LogP contribution in [0.3, 0.4) is 0 Å². The molecule has 3 nitrogen and oxygen atoms in total. The topological polar surface area (TPSA) is 38.3 Å². The Morgan fingerprint density at radius 3 is 2.29 bits per heavy atom. The Bertz CT molecular complexity index is 206. The summed E-state index contributed by atoms with van der Waals surface area (Å²) in [5.41, 5.74) is 0.736. The van der Waals surface area contributed by atoms with E-state index >= 15 is 0 Å². The zero-order valence-electron chi connectivity index (χ0n) is 7.74. The molecule has 1 amide bonds. The Kier molecular flexibility index (Phi) is 4.67. The van der Waals surface area contributed by atoms with E-state index < -0.39 is 24.1 Å². The predicted molar refractivity (Wildman–Crippen MR) is 44.7 cm³/mol. The molecule has 0 aromatic carbocycles. The van der Waals surface area contributed by atoms with Crippen LogP contribution in [0.1, 0.15) is 13.8 Å². The number of hydrogen-bond donors (Lipinski definition) is 1. The molecule has 1 N–H and O–H groups in total. The molecule has 0 unspecified atom stereocenters. The predicted octanol–water partition coefficient (Wildman–Crippen LogP) is 1.86. The quantitative estimate of drug-likeness (QED) is 0.595. The van der Waals surface area contributed by atoms with E-state index in [0.717, 1.165) is 0 Å². The molecule has 0 heterocycles. The summed E-state index contributed by atoms with van der Waals surface area (Å²) in [4.78, 5) is 15.1. The summed E-state index contributed by atoms with van der Waals surface area (Å²) < 4.78 is 34.7. The first-order chi connectivity index (χ1) is 6.19. The molecule has 0 spiro atoms. The second kappa shape index (κ2) is 4.84. The molecule has 0 atom stereocenters. The van der Waals surface area contributed by atoms with E-state index in [2.05, 4.69) is 4.84 Å². The van der Waals surface area contributed by atoms with E-state index in [9.17, 15) is 18.0 Å². The Hall–Kier alpha value is -0.490. The molecule has 14 heavy (non-hydrogen) atoms. The third-order valence-electron chi connectivity index (χ3n) is 1.35. The third kappa shape index (κ3) is 5.29. The lowest BCUT2D eigenvalue weighted by Gasteiger charge is -2.20. The van der Waals surface area contributed by atoms with Crippen LogP contribution in [-0.4, -0.2) is 24.6 Å². The van der Waals surface area contributed by atoms with E-state index in [1.165, 1.54) is 13.8 Å². The maximum Gasteiger partial charge on any atom is 0.414 e. The van der Waals surface area contributed by atoms with Gasteiger partial charge in [-0.25, -0.2) is 5.48 Å². The Balaban J connectivity index is 3.87. The molecule has 0 aliphatic rings. The summed E-state index contributed by atoms with van der Waals surface area (Å²) in [5, 5.41) is 0. The van der Waals surface area contributed by atoms with Crippen molar-refractivity contribution in [2.24, 2.45) is 5.41 Å². The zero-order chi connectivity index (χ0) is 11.4. The molecule has 0 aliphatic carbocycles. The first kappa shape index (κ1) is 13.5. The van der Waals surface area contributed by atoms with Gasteiger partial charge in [0.05, 0.1) is 5.41 Å². The van der Waals surface area contributed by atoms with Crippen LogP contribution in [0, 0.1) is 5.41 Å². The summed E-state index contributed by atoms with van der Waals surface area (Å²) in [5.74, 6) is -0.689. The zero-order valence-corrected chi connectivity index (χ0v) is 8.50. The van der Waals surface area contributed by atoms with E-state index in [1.807, 2.05) is 0 Å². The van der Waals surface area contributed by atoms with Crippen molar-refractivity contribution < 1.29 is 22.8 Å². The fourth-order valence-electron chi connectivity index (χ4n) is 0.382. The van der Waals surface area contributed by atoms with Gasteiger partial charge < -0.3 is 0 Å². The van der Waals surface area contributed by atoms with Gasteiger partial charge in [-0.15, -0.1) is 11.6 Å². The van der Waals surface area contributed by atoms with Crippen molar-refractivity contribution in [3.05, 3.63) is 0 Å². The van der Waals surface area contributed by atoms with Crippen molar-refractivity contribution in [2.75, 3.05) is 12.5 Å². The molecule has 0 saturated carbocycles. The van der Waals surface area contributed by atoms with Gasteiger partial charge in [0.1, 0.15) is 0 Å². The van der Waals surface area contributed by atoms with Crippen molar-refractivity contribution in [1.82, 2.24) is 5.48 Å². The summed E-state index contributed by atoms with van der Waals surface area (Å²) in [6.07, 6.45) is -4.46. The van der Waals surface area contributed by atoms with Crippen molar-refractivity contribution >= 4 is 17.5 Å². The van der Waals surface area contributed by atoms with E-state index in [4.69, 9.17) is 11.6 Å². The average Bonchev–Trinajstić information content (AvgIpc) is 2.02. The van der Waals surface area contributed by atoms with Gasteiger partial charge in [0, 0.05) is 5.88 Å². The summed E-state index contributed by atoms with van der Waals surface area (Å²) >= 11 is 5.42. The van der Waals surface area contributed by atoms with Crippen molar-refractivity contribution in [3.8, 4) is 0 Å². The molecule has 0 aromatic heterocycles. The second-order valence-corrected chi connectivity index (χ2v) is 3.62. The number of nitrogens with one attached hydrogen (secondary N) is 1. The van der Waals surface area contributed by atoms with E-state index in [1.54, 1.807) is 5.48 Å². The van der Waals surface area contributed by atoms with Crippen molar-refractivity contribution in [1.29, 1.82) is 0 Å². The maximum atomic E-state index is 11.6. The molecule has 7 heteroatoms. The smallest absolute Gasteiger partial charge is 0.272 e.